The number of aliphatic imine (C=N–C) groups is 1. The lowest BCUT2D eigenvalue weighted by atomic mass is 10.2. The molecule has 1 aliphatic heterocycles. The van der Waals surface area contributed by atoms with Crippen molar-refractivity contribution in [3.8, 4) is 23.0 Å². The smallest absolute Gasteiger partial charge is 0.231 e. The SMILES string of the molecule is CCNC(=NCc1ccc(OCCO)c(OC)c1)N(C)Cc1ccc2c(c1)OCO2. The van der Waals surface area contributed by atoms with Crippen LogP contribution in [0.5, 0.6) is 23.0 Å². The van der Waals surface area contributed by atoms with Gasteiger partial charge in [0.05, 0.1) is 20.3 Å². The first-order valence-electron chi connectivity index (χ1n) is 9.93. The molecule has 0 aliphatic carbocycles. The molecule has 2 aromatic carbocycles. The van der Waals surface area contributed by atoms with Gasteiger partial charge in [0.15, 0.2) is 29.0 Å². The maximum Gasteiger partial charge on any atom is 0.231 e. The lowest BCUT2D eigenvalue weighted by Crippen LogP contribution is -2.38. The van der Waals surface area contributed by atoms with Crippen LogP contribution in [0.4, 0.5) is 0 Å². The third-order valence-corrected chi connectivity index (χ3v) is 4.54. The van der Waals surface area contributed by atoms with Gasteiger partial charge < -0.3 is 34.3 Å². The fourth-order valence-electron chi connectivity index (χ4n) is 3.11. The van der Waals surface area contributed by atoms with Crippen LogP contribution >= 0.6 is 0 Å². The summed E-state index contributed by atoms with van der Waals surface area (Å²) in [6.07, 6.45) is 0. The van der Waals surface area contributed by atoms with Crippen molar-refractivity contribution in [2.24, 2.45) is 4.99 Å². The van der Waals surface area contributed by atoms with E-state index in [4.69, 9.17) is 29.0 Å². The Bertz CT molecular complexity index is 872. The van der Waals surface area contributed by atoms with Gasteiger partial charge in [-0.1, -0.05) is 12.1 Å². The van der Waals surface area contributed by atoms with E-state index >= 15 is 0 Å². The van der Waals surface area contributed by atoms with Crippen molar-refractivity contribution in [2.75, 3.05) is 40.7 Å². The number of nitrogens with zero attached hydrogens (tertiary/aromatic N) is 2. The molecule has 0 amide bonds. The number of nitrogens with one attached hydrogen (secondary N) is 1. The lowest BCUT2D eigenvalue weighted by Gasteiger charge is -2.22. The second-order valence-electron chi connectivity index (χ2n) is 6.77. The van der Waals surface area contributed by atoms with Crippen molar-refractivity contribution in [2.45, 2.75) is 20.0 Å². The van der Waals surface area contributed by atoms with E-state index in [-0.39, 0.29) is 20.0 Å². The zero-order valence-corrected chi connectivity index (χ0v) is 17.7. The number of methoxy groups -OCH3 is 1. The Morgan fingerprint density at radius 3 is 2.70 bits per heavy atom. The molecule has 30 heavy (non-hydrogen) atoms. The number of fused-ring (bicyclic) bond motifs is 1. The van der Waals surface area contributed by atoms with Crippen LogP contribution in [0.3, 0.4) is 0 Å². The molecule has 0 radical (unpaired) electrons. The first kappa shape index (κ1) is 21.6. The molecule has 0 bridgehead atoms. The van der Waals surface area contributed by atoms with E-state index in [1.165, 1.54) is 0 Å². The molecular weight excluding hydrogens is 386 g/mol. The highest BCUT2D eigenvalue weighted by Crippen LogP contribution is 2.32. The summed E-state index contributed by atoms with van der Waals surface area (Å²) in [7, 11) is 3.59. The van der Waals surface area contributed by atoms with Crippen LogP contribution < -0.4 is 24.3 Å². The molecule has 162 valence electrons. The minimum Gasteiger partial charge on any atom is -0.493 e. The highest BCUT2D eigenvalue weighted by atomic mass is 16.7. The van der Waals surface area contributed by atoms with Gasteiger partial charge in [-0.15, -0.1) is 0 Å². The van der Waals surface area contributed by atoms with E-state index in [9.17, 15) is 0 Å². The largest absolute Gasteiger partial charge is 0.493 e. The first-order valence-corrected chi connectivity index (χ1v) is 9.93. The van der Waals surface area contributed by atoms with Crippen molar-refractivity contribution < 1.29 is 24.1 Å². The van der Waals surface area contributed by atoms with Crippen LogP contribution in [0, 0.1) is 0 Å². The summed E-state index contributed by atoms with van der Waals surface area (Å²) in [6.45, 7) is 4.43. The molecule has 1 heterocycles. The summed E-state index contributed by atoms with van der Waals surface area (Å²) in [5.74, 6) is 3.58. The summed E-state index contributed by atoms with van der Waals surface area (Å²) < 4.78 is 21.7. The van der Waals surface area contributed by atoms with Gasteiger partial charge in [0.2, 0.25) is 6.79 Å². The molecule has 2 N–H and O–H groups in total. The zero-order valence-electron chi connectivity index (χ0n) is 17.7. The number of benzene rings is 2. The molecule has 2 aromatic rings. The lowest BCUT2D eigenvalue weighted by molar-refractivity contribution is 0.174. The summed E-state index contributed by atoms with van der Waals surface area (Å²) in [5, 5.41) is 12.3. The molecule has 8 heteroatoms. The van der Waals surface area contributed by atoms with E-state index in [2.05, 4.69) is 10.2 Å². The summed E-state index contributed by atoms with van der Waals surface area (Å²) in [4.78, 5) is 6.83. The minimum absolute atomic E-state index is 0.0447. The van der Waals surface area contributed by atoms with E-state index < -0.39 is 0 Å². The van der Waals surface area contributed by atoms with Crippen LogP contribution in [-0.2, 0) is 13.1 Å². The van der Waals surface area contributed by atoms with Gasteiger partial charge >= 0.3 is 0 Å². The number of ether oxygens (including phenoxy) is 4. The average molecular weight is 415 g/mol. The number of hydrogen-bond acceptors (Lipinski definition) is 6. The molecule has 0 saturated carbocycles. The number of aliphatic hydroxyl groups is 1. The van der Waals surface area contributed by atoms with Crippen LogP contribution in [0.2, 0.25) is 0 Å². The highest BCUT2D eigenvalue weighted by molar-refractivity contribution is 5.79. The molecule has 0 atom stereocenters. The van der Waals surface area contributed by atoms with Crippen molar-refractivity contribution in [1.82, 2.24) is 10.2 Å². The Kier molecular flexibility index (Phi) is 7.62. The maximum atomic E-state index is 8.94. The van der Waals surface area contributed by atoms with Gasteiger partial charge in [-0.05, 0) is 42.3 Å². The number of guanidine groups is 1. The third-order valence-electron chi connectivity index (χ3n) is 4.54. The molecule has 8 nitrogen and oxygen atoms in total. The van der Waals surface area contributed by atoms with Crippen LogP contribution in [0.1, 0.15) is 18.1 Å². The molecule has 0 aromatic heterocycles. The van der Waals surface area contributed by atoms with Gasteiger partial charge in [0.1, 0.15) is 6.61 Å². The van der Waals surface area contributed by atoms with Crippen LogP contribution in [0.25, 0.3) is 0 Å². The number of rotatable bonds is 9. The molecule has 0 unspecified atom stereocenters. The zero-order chi connectivity index (χ0) is 21.3. The quantitative estimate of drug-likeness (QED) is 0.481. The Hall–Kier alpha value is -3.13. The summed E-state index contributed by atoms with van der Waals surface area (Å²) in [6, 6.07) is 11.6. The highest BCUT2D eigenvalue weighted by Gasteiger charge is 2.15. The van der Waals surface area contributed by atoms with Crippen molar-refractivity contribution in [3.05, 3.63) is 47.5 Å². The molecular formula is C22H29N3O5. The Morgan fingerprint density at radius 2 is 1.93 bits per heavy atom. The van der Waals surface area contributed by atoms with Gasteiger partial charge in [0.25, 0.3) is 0 Å². The maximum absolute atomic E-state index is 8.94. The Morgan fingerprint density at radius 1 is 1.13 bits per heavy atom. The first-order chi connectivity index (χ1) is 14.6. The Labute approximate surface area is 177 Å². The van der Waals surface area contributed by atoms with E-state index in [1.807, 2.05) is 50.4 Å². The summed E-state index contributed by atoms with van der Waals surface area (Å²) in [5.41, 5.74) is 2.11. The fraction of sp³-hybridized carbons (Fsp3) is 0.409. The van der Waals surface area contributed by atoms with Gasteiger partial charge in [0, 0.05) is 20.1 Å². The standard InChI is InChI=1S/C22H29N3O5/c1-4-23-22(25(2)14-17-6-8-19-21(12-17)30-15-29-19)24-13-16-5-7-18(28-10-9-26)20(11-16)27-3/h5-8,11-12,26H,4,9-10,13-15H2,1-3H3,(H,23,24). The van der Waals surface area contributed by atoms with Crippen molar-refractivity contribution in [1.29, 1.82) is 0 Å². The van der Waals surface area contributed by atoms with E-state index in [0.717, 1.165) is 35.1 Å². The van der Waals surface area contributed by atoms with Gasteiger partial charge in [-0.3, -0.25) is 0 Å². The summed E-state index contributed by atoms with van der Waals surface area (Å²) >= 11 is 0. The monoisotopic (exact) mass is 415 g/mol. The van der Waals surface area contributed by atoms with E-state index in [0.29, 0.717) is 24.6 Å². The van der Waals surface area contributed by atoms with Crippen molar-refractivity contribution in [3.63, 3.8) is 0 Å². The molecule has 3 rings (SSSR count). The van der Waals surface area contributed by atoms with Crippen LogP contribution in [-0.4, -0.2) is 56.7 Å². The number of hydrogen-bond donors (Lipinski definition) is 2. The normalized spacial score (nSPS) is 12.6. The number of aliphatic hydroxyl groups excluding tert-OH is 1. The van der Waals surface area contributed by atoms with Crippen LogP contribution in [0.15, 0.2) is 41.4 Å². The van der Waals surface area contributed by atoms with Crippen molar-refractivity contribution >= 4 is 5.96 Å². The van der Waals surface area contributed by atoms with E-state index in [1.54, 1.807) is 7.11 Å². The average Bonchev–Trinajstić information content (AvgIpc) is 3.23. The minimum atomic E-state index is -0.0447. The molecule has 0 saturated heterocycles. The Balaban J connectivity index is 1.69. The second-order valence-corrected chi connectivity index (χ2v) is 6.77. The molecule has 1 aliphatic rings. The third kappa shape index (κ3) is 5.48. The van der Waals surface area contributed by atoms with Gasteiger partial charge in [-0.2, -0.15) is 0 Å². The van der Waals surface area contributed by atoms with Gasteiger partial charge in [-0.25, -0.2) is 4.99 Å². The predicted molar refractivity (Wildman–Crippen MR) is 114 cm³/mol. The predicted octanol–water partition coefficient (Wildman–Crippen LogP) is 2.39. The fourth-order valence-corrected chi connectivity index (χ4v) is 3.11. The molecule has 0 spiro atoms. The second kappa shape index (κ2) is 10.6. The molecule has 0 fully saturated rings. The topological polar surface area (TPSA) is 84.8 Å².